The zero-order valence-electron chi connectivity index (χ0n) is 8.09. The van der Waals surface area contributed by atoms with Crippen molar-refractivity contribution in [1.82, 2.24) is 5.32 Å². The number of hydrogen-bond donors (Lipinski definition) is 2. The highest BCUT2D eigenvalue weighted by Gasteiger charge is 2.11. The minimum Gasteiger partial charge on any atom is -0.352 e. The van der Waals surface area contributed by atoms with Gasteiger partial charge in [-0.05, 0) is 31.2 Å². The van der Waals surface area contributed by atoms with E-state index in [1.165, 1.54) is 0 Å². The van der Waals surface area contributed by atoms with Gasteiger partial charge >= 0.3 is 0 Å². The van der Waals surface area contributed by atoms with Crippen LogP contribution in [0.2, 0.25) is 0 Å². The summed E-state index contributed by atoms with van der Waals surface area (Å²) in [5.41, 5.74) is 4.94. The van der Waals surface area contributed by atoms with E-state index in [1.807, 2.05) is 0 Å². The van der Waals surface area contributed by atoms with Crippen LogP contribution in [0.15, 0.2) is 18.2 Å². The second-order valence-electron chi connectivity index (χ2n) is 3.02. The summed E-state index contributed by atoms with van der Waals surface area (Å²) in [4.78, 5) is 11.3. The maximum atomic E-state index is 13.1. The second-order valence-corrected chi connectivity index (χ2v) is 3.02. The maximum Gasteiger partial charge on any atom is 0.254 e. The van der Waals surface area contributed by atoms with Crippen LogP contribution < -0.4 is 11.1 Å². The number of nitrogens with two attached hydrogens (primary N) is 1. The van der Waals surface area contributed by atoms with E-state index >= 15 is 0 Å². The van der Waals surface area contributed by atoms with Crippen LogP contribution in [-0.2, 0) is 0 Å². The van der Waals surface area contributed by atoms with E-state index in [4.69, 9.17) is 5.73 Å². The molecule has 0 saturated heterocycles. The lowest BCUT2D eigenvalue weighted by molar-refractivity contribution is 0.0949. The van der Waals surface area contributed by atoms with Gasteiger partial charge < -0.3 is 11.1 Å². The second kappa shape index (κ2) is 5.41. The summed E-state index contributed by atoms with van der Waals surface area (Å²) in [6, 6.07) is 2.76. The van der Waals surface area contributed by atoms with Crippen molar-refractivity contribution in [3.8, 4) is 0 Å². The SMILES string of the molecule is NCCCNC(=O)c1cc(F)ccc1F. The number of carbonyl (C=O) groups excluding carboxylic acids is 1. The molecule has 0 aliphatic carbocycles. The molecule has 0 saturated carbocycles. The molecule has 0 heterocycles. The molecule has 1 aromatic carbocycles. The van der Waals surface area contributed by atoms with E-state index < -0.39 is 17.5 Å². The van der Waals surface area contributed by atoms with E-state index in [1.54, 1.807) is 0 Å². The van der Waals surface area contributed by atoms with Crippen molar-refractivity contribution in [2.24, 2.45) is 5.73 Å². The van der Waals surface area contributed by atoms with Crippen molar-refractivity contribution >= 4 is 5.91 Å². The van der Waals surface area contributed by atoms with Crippen LogP contribution in [0.3, 0.4) is 0 Å². The van der Waals surface area contributed by atoms with E-state index in [0.717, 1.165) is 18.2 Å². The molecule has 0 atom stereocenters. The Bertz CT molecular complexity index is 355. The van der Waals surface area contributed by atoms with E-state index in [-0.39, 0.29) is 5.56 Å². The minimum absolute atomic E-state index is 0.285. The zero-order valence-corrected chi connectivity index (χ0v) is 8.09. The lowest BCUT2D eigenvalue weighted by atomic mass is 10.2. The number of nitrogens with one attached hydrogen (secondary N) is 1. The predicted molar refractivity (Wildman–Crippen MR) is 52.4 cm³/mol. The number of amides is 1. The van der Waals surface area contributed by atoms with Crippen molar-refractivity contribution in [2.75, 3.05) is 13.1 Å². The van der Waals surface area contributed by atoms with Crippen molar-refractivity contribution in [1.29, 1.82) is 0 Å². The largest absolute Gasteiger partial charge is 0.352 e. The molecule has 0 fully saturated rings. The molecule has 0 aliphatic heterocycles. The lowest BCUT2D eigenvalue weighted by Crippen LogP contribution is -2.26. The molecule has 0 unspecified atom stereocenters. The van der Waals surface area contributed by atoms with Gasteiger partial charge in [0.25, 0.3) is 5.91 Å². The fourth-order valence-electron chi connectivity index (χ4n) is 1.07. The van der Waals surface area contributed by atoms with Gasteiger partial charge in [-0.25, -0.2) is 8.78 Å². The highest BCUT2D eigenvalue weighted by molar-refractivity contribution is 5.94. The Hall–Kier alpha value is -1.49. The van der Waals surface area contributed by atoms with Gasteiger partial charge in [-0.1, -0.05) is 0 Å². The molecule has 1 aromatic rings. The summed E-state index contributed by atoms with van der Waals surface area (Å²) in [6.07, 6.45) is 0.600. The van der Waals surface area contributed by atoms with Crippen LogP contribution in [-0.4, -0.2) is 19.0 Å². The summed E-state index contributed by atoms with van der Waals surface area (Å²) in [6.45, 7) is 0.789. The van der Waals surface area contributed by atoms with Crippen molar-refractivity contribution < 1.29 is 13.6 Å². The molecule has 3 N–H and O–H groups in total. The quantitative estimate of drug-likeness (QED) is 0.736. The Kier molecular flexibility index (Phi) is 4.17. The van der Waals surface area contributed by atoms with E-state index in [9.17, 15) is 13.6 Å². The Morgan fingerprint density at radius 1 is 1.40 bits per heavy atom. The Balaban J connectivity index is 2.68. The number of benzene rings is 1. The summed E-state index contributed by atoms with van der Waals surface area (Å²) < 4.78 is 25.8. The average molecular weight is 214 g/mol. The molecular weight excluding hydrogens is 202 g/mol. The average Bonchev–Trinajstić information content (AvgIpc) is 2.22. The Morgan fingerprint density at radius 3 is 2.80 bits per heavy atom. The van der Waals surface area contributed by atoms with Crippen LogP contribution in [0.1, 0.15) is 16.8 Å². The third-order valence-electron chi connectivity index (χ3n) is 1.84. The van der Waals surface area contributed by atoms with Crippen LogP contribution in [0, 0.1) is 11.6 Å². The van der Waals surface area contributed by atoms with Gasteiger partial charge in [0.05, 0.1) is 5.56 Å². The normalized spacial score (nSPS) is 10.1. The predicted octanol–water partition coefficient (Wildman–Crippen LogP) is 1.04. The van der Waals surface area contributed by atoms with Crippen molar-refractivity contribution in [3.05, 3.63) is 35.4 Å². The minimum atomic E-state index is -0.735. The molecule has 82 valence electrons. The highest BCUT2D eigenvalue weighted by Crippen LogP contribution is 2.09. The Morgan fingerprint density at radius 2 is 2.13 bits per heavy atom. The van der Waals surface area contributed by atoms with E-state index in [0.29, 0.717) is 19.5 Å². The molecule has 1 rings (SSSR count). The third kappa shape index (κ3) is 3.28. The fraction of sp³-hybridized carbons (Fsp3) is 0.300. The van der Waals surface area contributed by atoms with Crippen LogP contribution in [0.5, 0.6) is 0 Å². The molecule has 0 bridgehead atoms. The van der Waals surface area contributed by atoms with Crippen LogP contribution >= 0.6 is 0 Å². The summed E-state index contributed by atoms with van der Waals surface area (Å²) in [5.74, 6) is -2.00. The number of rotatable bonds is 4. The highest BCUT2D eigenvalue weighted by atomic mass is 19.1. The number of carbonyl (C=O) groups is 1. The summed E-state index contributed by atoms with van der Waals surface area (Å²) >= 11 is 0. The number of hydrogen-bond acceptors (Lipinski definition) is 2. The Labute approximate surface area is 86.3 Å². The molecule has 0 aromatic heterocycles. The molecular formula is C10H12F2N2O. The summed E-state index contributed by atoms with van der Waals surface area (Å²) in [5, 5.41) is 2.44. The fourth-order valence-corrected chi connectivity index (χ4v) is 1.07. The summed E-state index contributed by atoms with van der Waals surface area (Å²) in [7, 11) is 0. The smallest absolute Gasteiger partial charge is 0.254 e. The first-order valence-electron chi connectivity index (χ1n) is 4.58. The monoisotopic (exact) mass is 214 g/mol. The van der Waals surface area contributed by atoms with Gasteiger partial charge in [0.1, 0.15) is 11.6 Å². The molecule has 5 heteroatoms. The van der Waals surface area contributed by atoms with Gasteiger partial charge in [-0.15, -0.1) is 0 Å². The molecule has 1 amide bonds. The molecule has 0 spiro atoms. The molecule has 0 radical (unpaired) electrons. The third-order valence-corrected chi connectivity index (χ3v) is 1.84. The van der Waals surface area contributed by atoms with Crippen LogP contribution in [0.4, 0.5) is 8.78 Å². The zero-order chi connectivity index (χ0) is 11.3. The topological polar surface area (TPSA) is 55.1 Å². The first-order chi connectivity index (χ1) is 7.15. The van der Waals surface area contributed by atoms with Gasteiger partial charge in [0, 0.05) is 6.54 Å². The maximum absolute atomic E-state index is 13.1. The van der Waals surface area contributed by atoms with Gasteiger partial charge in [0.15, 0.2) is 0 Å². The van der Waals surface area contributed by atoms with Crippen molar-refractivity contribution in [3.63, 3.8) is 0 Å². The van der Waals surface area contributed by atoms with E-state index in [2.05, 4.69) is 5.32 Å². The lowest BCUT2D eigenvalue weighted by Gasteiger charge is -2.05. The van der Waals surface area contributed by atoms with Crippen LogP contribution in [0.25, 0.3) is 0 Å². The van der Waals surface area contributed by atoms with Crippen molar-refractivity contribution in [2.45, 2.75) is 6.42 Å². The first kappa shape index (κ1) is 11.6. The molecule has 3 nitrogen and oxygen atoms in total. The van der Waals surface area contributed by atoms with Gasteiger partial charge in [-0.3, -0.25) is 4.79 Å². The first-order valence-corrected chi connectivity index (χ1v) is 4.58. The molecule has 0 aliphatic rings. The standard InChI is InChI=1S/C10H12F2N2O/c11-7-2-3-9(12)8(6-7)10(15)14-5-1-4-13/h2-3,6H,1,4-5,13H2,(H,14,15). The molecule has 15 heavy (non-hydrogen) atoms. The number of halogens is 2. The van der Waals surface area contributed by atoms with Gasteiger partial charge in [0.2, 0.25) is 0 Å². The van der Waals surface area contributed by atoms with Gasteiger partial charge in [-0.2, -0.15) is 0 Å².